The van der Waals surface area contributed by atoms with Gasteiger partial charge in [-0.15, -0.1) is 0 Å². The summed E-state index contributed by atoms with van der Waals surface area (Å²) in [6.07, 6.45) is 2.73. The number of amides is 2. The first-order valence-electron chi connectivity index (χ1n) is 11.4. The molecule has 1 aliphatic carbocycles. The Morgan fingerprint density at radius 1 is 1.03 bits per heavy atom. The number of carbonyl (C=O) groups excluding carboxylic acids is 2. The predicted octanol–water partition coefficient (Wildman–Crippen LogP) is 4.17. The number of benzene rings is 2. The summed E-state index contributed by atoms with van der Waals surface area (Å²) in [5.41, 5.74) is 2.23. The van der Waals surface area contributed by atoms with Gasteiger partial charge >= 0.3 is 0 Å². The highest BCUT2D eigenvalue weighted by Crippen LogP contribution is 2.50. The second kappa shape index (κ2) is 7.49. The Bertz CT molecular complexity index is 998. The van der Waals surface area contributed by atoms with Gasteiger partial charge in [-0.05, 0) is 75.4 Å². The fourth-order valence-corrected chi connectivity index (χ4v) is 5.94. The molecular weight excluding hydrogens is 388 g/mol. The van der Waals surface area contributed by atoms with Gasteiger partial charge in [-0.2, -0.15) is 0 Å². The van der Waals surface area contributed by atoms with E-state index in [2.05, 4.69) is 30.4 Å². The third-order valence-electron chi connectivity index (χ3n) is 7.39. The fourth-order valence-electron chi connectivity index (χ4n) is 5.94. The molecule has 2 bridgehead atoms. The van der Waals surface area contributed by atoms with Crippen LogP contribution in [0.3, 0.4) is 0 Å². The van der Waals surface area contributed by atoms with Crippen LogP contribution in [-0.2, 0) is 5.41 Å². The highest BCUT2D eigenvalue weighted by Gasteiger charge is 2.52. The molecule has 1 saturated carbocycles. The van der Waals surface area contributed by atoms with Crippen LogP contribution in [0.4, 0.5) is 0 Å². The van der Waals surface area contributed by atoms with E-state index in [0.717, 1.165) is 31.6 Å². The second-order valence-electron chi connectivity index (χ2n) is 9.68. The Balaban J connectivity index is 1.52. The molecule has 1 N–H and O–H groups in total. The maximum Gasteiger partial charge on any atom is 0.261 e. The number of carbonyl (C=O) groups is 2. The van der Waals surface area contributed by atoms with Gasteiger partial charge in [0.25, 0.3) is 11.8 Å². The molecule has 5 rings (SSSR count). The molecule has 4 atom stereocenters. The zero-order valence-corrected chi connectivity index (χ0v) is 18.4. The third-order valence-corrected chi connectivity index (χ3v) is 7.39. The maximum absolute atomic E-state index is 13.2. The van der Waals surface area contributed by atoms with E-state index in [1.165, 1.54) is 5.56 Å². The molecular formula is C26H30N2O3. The van der Waals surface area contributed by atoms with Crippen molar-refractivity contribution in [1.82, 2.24) is 10.2 Å². The van der Waals surface area contributed by atoms with Crippen LogP contribution in [0.1, 0.15) is 66.3 Å². The zero-order valence-electron chi connectivity index (χ0n) is 18.4. The van der Waals surface area contributed by atoms with Gasteiger partial charge in [-0.1, -0.05) is 31.2 Å². The lowest BCUT2D eigenvalue weighted by atomic mass is 9.58. The average Bonchev–Trinajstić information content (AvgIpc) is 3.01. The van der Waals surface area contributed by atoms with Gasteiger partial charge in [0.05, 0.1) is 17.2 Å². The molecule has 2 amide bonds. The molecule has 2 fully saturated rings. The first-order chi connectivity index (χ1) is 14.9. The normalized spacial score (nSPS) is 29.9. The van der Waals surface area contributed by atoms with Crippen LogP contribution in [0.2, 0.25) is 0 Å². The van der Waals surface area contributed by atoms with E-state index < -0.39 is 0 Å². The predicted molar refractivity (Wildman–Crippen MR) is 119 cm³/mol. The summed E-state index contributed by atoms with van der Waals surface area (Å²) in [6.45, 7) is 7.29. The van der Waals surface area contributed by atoms with Crippen LogP contribution in [0.15, 0.2) is 48.5 Å². The Hall–Kier alpha value is -2.66. The molecule has 5 nitrogen and oxygen atoms in total. The minimum absolute atomic E-state index is 0.0927. The largest absolute Gasteiger partial charge is 0.491 e. The van der Waals surface area contributed by atoms with Gasteiger partial charge < -0.3 is 10.1 Å². The summed E-state index contributed by atoms with van der Waals surface area (Å²) in [5, 5.41) is 3.67. The van der Waals surface area contributed by atoms with Gasteiger partial charge in [-0.25, -0.2) is 0 Å². The summed E-state index contributed by atoms with van der Waals surface area (Å²) in [7, 11) is 0. The number of nitrogens with one attached hydrogen (secondary N) is 1. The number of ether oxygens (including phenoxy) is 1. The average molecular weight is 419 g/mol. The van der Waals surface area contributed by atoms with Crippen molar-refractivity contribution in [2.45, 2.75) is 63.6 Å². The SMILES string of the molecule is CC(C)Oc1cccc([C@]23C[C@H](C[C@H](N4C(=O)c5ccccc5C4=O)C2)NC[C@H]3C)c1. The highest BCUT2D eigenvalue weighted by atomic mass is 16.5. The lowest BCUT2D eigenvalue weighted by molar-refractivity contribution is 0.0324. The van der Waals surface area contributed by atoms with Crippen molar-refractivity contribution in [2.75, 3.05) is 6.54 Å². The van der Waals surface area contributed by atoms with Crippen LogP contribution >= 0.6 is 0 Å². The van der Waals surface area contributed by atoms with Crippen molar-refractivity contribution < 1.29 is 14.3 Å². The van der Waals surface area contributed by atoms with E-state index >= 15 is 0 Å². The van der Waals surface area contributed by atoms with E-state index in [9.17, 15) is 9.59 Å². The van der Waals surface area contributed by atoms with Crippen molar-refractivity contribution in [1.29, 1.82) is 0 Å². The van der Waals surface area contributed by atoms with Crippen molar-refractivity contribution >= 4 is 11.8 Å². The number of hydrogen-bond acceptors (Lipinski definition) is 4. The van der Waals surface area contributed by atoms with Gasteiger partial charge in [0, 0.05) is 17.5 Å². The number of imide groups is 1. The van der Waals surface area contributed by atoms with Crippen LogP contribution < -0.4 is 10.1 Å². The molecule has 5 heteroatoms. The maximum atomic E-state index is 13.2. The number of nitrogens with zero attached hydrogens (tertiary/aromatic N) is 1. The Morgan fingerprint density at radius 2 is 1.74 bits per heavy atom. The summed E-state index contributed by atoms with van der Waals surface area (Å²) < 4.78 is 5.98. The fraction of sp³-hybridized carbons (Fsp3) is 0.462. The molecule has 3 aliphatic rings. The molecule has 2 aromatic carbocycles. The molecule has 0 aromatic heterocycles. The van der Waals surface area contributed by atoms with E-state index in [4.69, 9.17) is 4.74 Å². The van der Waals surface area contributed by atoms with E-state index in [1.807, 2.05) is 32.0 Å². The summed E-state index contributed by atoms with van der Waals surface area (Å²) in [4.78, 5) is 27.9. The molecule has 0 spiro atoms. The van der Waals surface area contributed by atoms with Crippen LogP contribution in [0.25, 0.3) is 0 Å². The monoisotopic (exact) mass is 418 g/mol. The van der Waals surface area contributed by atoms with Crippen molar-refractivity contribution in [3.8, 4) is 5.75 Å². The van der Waals surface area contributed by atoms with Crippen molar-refractivity contribution in [2.24, 2.45) is 5.92 Å². The molecule has 31 heavy (non-hydrogen) atoms. The molecule has 0 unspecified atom stereocenters. The molecule has 2 aliphatic heterocycles. The number of piperidine rings is 1. The minimum Gasteiger partial charge on any atom is -0.491 e. The molecule has 0 radical (unpaired) electrons. The van der Waals surface area contributed by atoms with Crippen molar-refractivity contribution in [3.63, 3.8) is 0 Å². The van der Waals surface area contributed by atoms with Gasteiger partial charge in [0.2, 0.25) is 0 Å². The molecule has 162 valence electrons. The second-order valence-corrected chi connectivity index (χ2v) is 9.68. The summed E-state index contributed by atoms with van der Waals surface area (Å²) in [5.74, 6) is 0.971. The Kier molecular flexibility index (Phi) is 4.89. The first-order valence-corrected chi connectivity index (χ1v) is 11.4. The van der Waals surface area contributed by atoms with E-state index in [1.54, 1.807) is 17.0 Å². The van der Waals surface area contributed by atoms with Crippen molar-refractivity contribution in [3.05, 3.63) is 65.2 Å². The van der Waals surface area contributed by atoms with Gasteiger partial charge in [-0.3, -0.25) is 14.5 Å². The van der Waals surface area contributed by atoms with E-state index in [0.29, 0.717) is 17.0 Å². The van der Waals surface area contributed by atoms with Crippen LogP contribution in [0, 0.1) is 5.92 Å². The van der Waals surface area contributed by atoms with Gasteiger partial charge in [0.1, 0.15) is 5.75 Å². The number of rotatable bonds is 4. The highest BCUT2D eigenvalue weighted by molar-refractivity contribution is 6.21. The van der Waals surface area contributed by atoms with Gasteiger partial charge in [0.15, 0.2) is 0 Å². The zero-order chi connectivity index (χ0) is 21.8. The smallest absolute Gasteiger partial charge is 0.261 e. The summed E-state index contributed by atoms with van der Waals surface area (Å²) >= 11 is 0. The van der Waals surface area contributed by atoms with Crippen LogP contribution in [-0.4, -0.2) is 41.4 Å². The van der Waals surface area contributed by atoms with E-state index in [-0.39, 0.29) is 35.4 Å². The van der Waals surface area contributed by atoms with Crippen LogP contribution in [0.5, 0.6) is 5.75 Å². The minimum atomic E-state index is -0.148. The first kappa shape index (κ1) is 20.3. The summed E-state index contributed by atoms with van der Waals surface area (Å²) in [6, 6.07) is 15.8. The number of hydrogen-bond donors (Lipinski definition) is 1. The lowest BCUT2D eigenvalue weighted by Gasteiger charge is -2.54. The topological polar surface area (TPSA) is 58.6 Å². The Morgan fingerprint density at radius 3 is 2.42 bits per heavy atom. The standard InChI is InChI=1S/C26H30N2O3/c1-16(2)31-21-8-6-7-18(11-21)26-13-19(27-15-17(26)3)12-20(14-26)28-24(29)22-9-4-5-10-23(22)25(28)30/h4-11,16-17,19-20,27H,12-15H2,1-3H3/t17-,19+,20+,26-/m1/s1. The molecule has 2 heterocycles. The molecule has 2 aromatic rings. The molecule has 1 saturated heterocycles. The quantitative estimate of drug-likeness (QED) is 0.757. The number of fused-ring (bicyclic) bond motifs is 3. The lowest BCUT2D eigenvalue weighted by Crippen LogP contribution is -2.61. The third kappa shape index (κ3) is 3.26. The Labute approximate surface area is 183 Å².